The molecule has 344 valence electrons. The number of rotatable bonds is 18. The topological polar surface area (TPSA) is 175 Å². The van der Waals surface area contributed by atoms with Gasteiger partial charge in [0.2, 0.25) is 12.0 Å². The van der Waals surface area contributed by atoms with Crippen molar-refractivity contribution >= 4 is 47.4 Å². The van der Waals surface area contributed by atoms with Crippen LogP contribution in [-0.2, 0) is 22.2 Å². The van der Waals surface area contributed by atoms with Gasteiger partial charge in [-0.1, -0.05) is 62.7 Å². The van der Waals surface area contributed by atoms with E-state index in [9.17, 15) is 24.5 Å². The van der Waals surface area contributed by atoms with E-state index in [-0.39, 0.29) is 47.9 Å². The third-order valence-electron chi connectivity index (χ3n) is 11.5. The zero-order valence-electron chi connectivity index (χ0n) is 37.5. The number of para-hydroxylation sites is 1. The second-order valence-corrected chi connectivity index (χ2v) is 23.2. The van der Waals surface area contributed by atoms with Gasteiger partial charge in [0.15, 0.2) is 14.1 Å². The molecule has 2 unspecified atom stereocenters. The van der Waals surface area contributed by atoms with Crippen molar-refractivity contribution in [2.75, 3.05) is 20.3 Å². The number of aliphatic hydroxyl groups is 1. The molecule has 66 heavy (non-hydrogen) atoms. The van der Waals surface area contributed by atoms with E-state index in [1.54, 1.807) is 43.6 Å². The number of hydrogen-bond donors (Lipinski definition) is 3. The number of carboxylic acid groups (broad SMARTS) is 1. The Kier molecular flexibility index (Phi) is 14.6. The molecule has 2 atom stereocenters. The Hall–Kier alpha value is -6.17. The number of carbonyl (C=O) groups is 1. The molecule has 3 N–H and O–H groups in total. The third kappa shape index (κ3) is 10.7. The van der Waals surface area contributed by atoms with Crippen LogP contribution in [0.15, 0.2) is 97.5 Å². The molecule has 0 amide bonds. The van der Waals surface area contributed by atoms with E-state index in [1.165, 1.54) is 41.9 Å². The van der Waals surface area contributed by atoms with Gasteiger partial charge in [0.1, 0.15) is 59.3 Å². The molecule has 0 spiro atoms. The summed E-state index contributed by atoms with van der Waals surface area (Å²) < 4.78 is 44.5. The fraction of sp³-hybridized carbons (Fsp3) is 0.286. The minimum Gasteiger partial charge on any atom is -0.508 e. The van der Waals surface area contributed by atoms with Gasteiger partial charge in [0, 0.05) is 28.6 Å². The number of aliphatic carboxylic acids is 1. The maximum Gasteiger partial charge on any atom is 0.345 e. The summed E-state index contributed by atoms with van der Waals surface area (Å²) in [4.78, 5) is 32.3. The van der Waals surface area contributed by atoms with E-state index in [0.29, 0.717) is 77.2 Å². The molecular weight excluding hydrogens is 903 g/mol. The lowest BCUT2D eigenvalue weighted by Crippen LogP contribution is -2.43. The lowest BCUT2D eigenvalue weighted by atomic mass is 9.96. The van der Waals surface area contributed by atoms with Crippen molar-refractivity contribution in [2.24, 2.45) is 0 Å². The summed E-state index contributed by atoms with van der Waals surface area (Å²) in [6, 6.07) is 23.0. The highest BCUT2D eigenvalue weighted by Crippen LogP contribution is 2.49. The van der Waals surface area contributed by atoms with E-state index >= 15 is 0 Å². The van der Waals surface area contributed by atoms with Crippen LogP contribution in [0.3, 0.4) is 0 Å². The van der Waals surface area contributed by atoms with Crippen LogP contribution in [0.1, 0.15) is 37.6 Å². The number of fused-ring (bicyclic) bond motifs is 1. The number of ether oxygens (including phenoxy) is 4. The molecule has 0 saturated heterocycles. The smallest absolute Gasteiger partial charge is 0.345 e. The highest BCUT2D eigenvalue weighted by atomic mass is 35.5. The largest absolute Gasteiger partial charge is 0.508 e. The van der Waals surface area contributed by atoms with E-state index in [1.807, 2.05) is 37.3 Å². The highest BCUT2D eigenvalue weighted by molar-refractivity contribution is 7.22. The summed E-state index contributed by atoms with van der Waals surface area (Å²) in [5, 5.41) is 32.7. The molecule has 7 aromatic rings. The van der Waals surface area contributed by atoms with Crippen molar-refractivity contribution in [3.63, 3.8) is 0 Å². The Labute approximate surface area is 391 Å². The second kappa shape index (κ2) is 20.1. The lowest BCUT2D eigenvalue weighted by Gasteiger charge is -2.36. The first-order valence-electron chi connectivity index (χ1n) is 21.0. The number of methoxy groups -OCH3 is 1. The summed E-state index contributed by atoms with van der Waals surface area (Å²) in [6.07, 6.45) is 0.220. The number of benzene rings is 4. The van der Waals surface area contributed by atoms with Crippen molar-refractivity contribution in [2.45, 2.75) is 71.1 Å². The first-order valence-corrected chi connectivity index (χ1v) is 25.1. The lowest BCUT2D eigenvalue weighted by molar-refractivity contribution is -0.145. The summed E-state index contributed by atoms with van der Waals surface area (Å²) in [6.45, 7) is 12.5. The van der Waals surface area contributed by atoms with Crippen LogP contribution in [0.5, 0.6) is 28.9 Å². The quantitative estimate of drug-likeness (QED) is 0.0694. The van der Waals surface area contributed by atoms with Crippen LogP contribution in [0, 0.1) is 12.7 Å². The van der Waals surface area contributed by atoms with E-state index < -0.39 is 32.3 Å². The van der Waals surface area contributed by atoms with Crippen molar-refractivity contribution < 1.29 is 47.9 Å². The van der Waals surface area contributed by atoms with Gasteiger partial charge in [-0.3, -0.25) is 0 Å². The number of carboxylic acids is 1. The van der Waals surface area contributed by atoms with E-state index in [2.05, 4.69) is 53.8 Å². The van der Waals surface area contributed by atoms with Gasteiger partial charge in [-0.25, -0.2) is 29.1 Å². The van der Waals surface area contributed by atoms with Gasteiger partial charge in [-0.2, -0.15) is 0 Å². The molecular formula is C49H50ClFN4O9SSi. The molecule has 3 aromatic heterocycles. The van der Waals surface area contributed by atoms with Gasteiger partial charge >= 0.3 is 5.97 Å². The number of phenols is 1. The minimum absolute atomic E-state index is 0.00404. The monoisotopic (exact) mass is 952 g/mol. The number of aromatic nitrogens is 4. The predicted molar refractivity (Wildman–Crippen MR) is 255 cm³/mol. The van der Waals surface area contributed by atoms with E-state index in [0.717, 1.165) is 0 Å². The number of phenolic OH excluding ortho intramolecular Hbond substituents is 1. The molecule has 0 aliphatic rings. The highest BCUT2D eigenvalue weighted by Gasteiger charge is 2.37. The molecule has 3 heterocycles. The van der Waals surface area contributed by atoms with Crippen LogP contribution in [0.4, 0.5) is 4.39 Å². The Morgan fingerprint density at radius 2 is 1.65 bits per heavy atom. The Morgan fingerprint density at radius 1 is 0.909 bits per heavy atom. The Bertz CT molecular complexity index is 2860. The maximum absolute atomic E-state index is 14.3. The van der Waals surface area contributed by atoms with Gasteiger partial charge in [0.25, 0.3) is 0 Å². The standard InChI is InChI=1S/C49H50ClFN4O9SSi/c1-28-35(17-19-39(43(28)50)62-25-34(57)26-63-66(6,7)49(2,3)4)41-42-46(53-27-54-47(42)65-44(41)29-12-14-31(51)15-13-29)64-40(48(58)59)23-30-22-33(56)16-18-37(30)61-24-32-20-21-52-45(55-32)36-10-8-9-11-38(36)60-5/h8-22,27,34,40,56-57H,23-26H2,1-7H3,(H,58,59). The van der Waals surface area contributed by atoms with Gasteiger partial charge in [-0.15, -0.1) is 11.3 Å². The van der Waals surface area contributed by atoms with Crippen LogP contribution in [0.25, 0.3) is 43.2 Å². The molecule has 0 fully saturated rings. The number of halogens is 2. The Balaban J connectivity index is 1.19. The maximum atomic E-state index is 14.3. The first-order chi connectivity index (χ1) is 31.4. The molecule has 4 aromatic carbocycles. The third-order valence-corrected chi connectivity index (χ3v) is 17.6. The predicted octanol–water partition coefficient (Wildman–Crippen LogP) is 10.7. The van der Waals surface area contributed by atoms with Gasteiger partial charge < -0.3 is 38.7 Å². The average molecular weight is 954 g/mol. The normalized spacial score (nSPS) is 12.8. The molecule has 0 aliphatic heterocycles. The number of hydrogen-bond acceptors (Lipinski definition) is 13. The SMILES string of the molecule is COc1ccccc1-c1nccc(COc2ccc(O)cc2CC(Oc2ncnc3sc(-c4ccc(F)cc4)c(-c4ccc(OCC(O)CO[Si](C)(C)C(C)(C)C)c(Cl)c4C)c23)C(=O)O)n1. The summed E-state index contributed by atoms with van der Waals surface area (Å²) in [7, 11) is -0.537. The molecule has 0 radical (unpaired) electrons. The fourth-order valence-corrected chi connectivity index (χ4v) is 9.24. The van der Waals surface area contributed by atoms with Crippen LogP contribution in [0.2, 0.25) is 23.2 Å². The average Bonchev–Trinajstić information content (AvgIpc) is 3.68. The number of aromatic hydroxyl groups is 1. The molecule has 7 rings (SSSR count). The van der Waals surface area contributed by atoms with Crippen molar-refractivity contribution in [1.29, 1.82) is 0 Å². The molecule has 17 heteroatoms. The molecule has 13 nitrogen and oxygen atoms in total. The van der Waals surface area contributed by atoms with Crippen LogP contribution in [-0.4, -0.2) is 82.1 Å². The van der Waals surface area contributed by atoms with Gasteiger partial charge in [0.05, 0.1) is 35.4 Å². The fourth-order valence-electron chi connectivity index (χ4n) is 6.82. The zero-order valence-corrected chi connectivity index (χ0v) is 40.0. The Morgan fingerprint density at radius 3 is 2.38 bits per heavy atom. The number of nitrogens with zero attached hydrogens (tertiary/aromatic N) is 4. The van der Waals surface area contributed by atoms with Crippen LogP contribution < -0.4 is 18.9 Å². The minimum atomic E-state index is -2.11. The molecule has 0 saturated carbocycles. The van der Waals surface area contributed by atoms with Crippen molar-refractivity contribution in [3.05, 3.63) is 125 Å². The second-order valence-electron chi connectivity index (χ2n) is 17.1. The first kappa shape index (κ1) is 47.8. The summed E-state index contributed by atoms with van der Waals surface area (Å²) in [5.74, 6) is -0.179. The van der Waals surface area contributed by atoms with Gasteiger partial charge in [-0.05, 0) is 96.3 Å². The number of aliphatic hydroxyl groups excluding tert-OH is 1. The number of thiophene rings is 1. The summed E-state index contributed by atoms with van der Waals surface area (Å²) >= 11 is 8.31. The molecule has 0 bridgehead atoms. The van der Waals surface area contributed by atoms with Crippen molar-refractivity contribution in [3.8, 4) is 61.8 Å². The van der Waals surface area contributed by atoms with Crippen molar-refractivity contribution in [1.82, 2.24) is 19.9 Å². The zero-order chi connectivity index (χ0) is 47.3. The van der Waals surface area contributed by atoms with E-state index in [4.69, 9.17) is 35.0 Å². The summed E-state index contributed by atoms with van der Waals surface area (Å²) in [5.41, 5.74) is 4.07. The van der Waals surface area contributed by atoms with Crippen LogP contribution >= 0.6 is 22.9 Å². The molecule has 0 aliphatic carbocycles.